The number of amides is 1. The summed E-state index contributed by atoms with van der Waals surface area (Å²) in [5.41, 5.74) is 2.05. The highest BCUT2D eigenvalue weighted by Crippen LogP contribution is 2.30. The van der Waals surface area contributed by atoms with Crippen molar-refractivity contribution in [3.63, 3.8) is 0 Å². The first-order valence-corrected chi connectivity index (χ1v) is 9.72. The fourth-order valence-electron chi connectivity index (χ4n) is 3.59. The molecule has 0 radical (unpaired) electrons. The Kier molecular flexibility index (Phi) is 4.52. The van der Waals surface area contributed by atoms with E-state index in [-0.39, 0.29) is 11.9 Å². The van der Waals surface area contributed by atoms with E-state index in [0.29, 0.717) is 0 Å². The molecule has 2 aliphatic rings. The molecular weight excluding hydrogens is 318 g/mol. The molecule has 1 fully saturated rings. The summed E-state index contributed by atoms with van der Waals surface area (Å²) in [5, 5.41) is 4.33. The zero-order valence-corrected chi connectivity index (χ0v) is 14.6. The number of hydrogen-bond acceptors (Lipinski definition) is 4. The topological polar surface area (TPSA) is 45.2 Å². The maximum absolute atomic E-state index is 12.4. The molecule has 0 saturated carbocycles. The number of nitrogens with one attached hydrogen (secondary N) is 1. The summed E-state index contributed by atoms with van der Waals surface area (Å²) in [4.78, 5) is 19.5. The summed E-state index contributed by atoms with van der Waals surface area (Å²) < 4.78 is 1.23. The summed E-state index contributed by atoms with van der Waals surface area (Å²) in [6.45, 7) is 1.88. The lowest BCUT2D eigenvalue weighted by Crippen LogP contribution is -2.48. The van der Waals surface area contributed by atoms with Gasteiger partial charge in [0.1, 0.15) is 0 Å². The number of aromatic nitrogens is 1. The third kappa shape index (κ3) is 3.31. The predicted molar refractivity (Wildman–Crippen MR) is 99.5 cm³/mol. The number of allylic oxidation sites excluding steroid dienone is 1. The Morgan fingerprint density at radius 2 is 2.17 bits per heavy atom. The number of piperidine rings is 1. The SMILES string of the molecule is O=C(NC1CCCN(c2nc3ccccc3s2)C1)C1=CCCCC1. The molecule has 1 aromatic carbocycles. The van der Waals surface area contributed by atoms with Crippen LogP contribution in [0.1, 0.15) is 38.5 Å². The molecule has 0 bridgehead atoms. The van der Waals surface area contributed by atoms with E-state index in [2.05, 4.69) is 34.5 Å². The lowest BCUT2D eigenvalue weighted by atomic mass is 9.98. The van der Waals surface area contributed by atoms with Gasteiger partial charge in [0.15, 0.2) is 5.13 Å². The van der Waals surface area contributed by atoms with Crippen LogP contribution in [0.2, 0.25) is 0 Å². The molecule has 1 unspecified atom stereocenters. The molecule has 1 N–H and O–H groups in total. The van der Waals surface area contributed by atoms with E-state index in [1.54, 1.807) is 11.3 Å². The number of carbonyl (C=O) groups excluding carboxylic acids is 1. The molecule has 0 spiro atoms. The first kappa shape index (κ1) is 15.6. The number of para-hydroxylation sites is 1. The highest BCUT2D eigenvalue weighted by Gasteiger charge is 2.24. The molecule has 1 saturated heterocycles. The fraction of sp³-hybridized carbons (Fsp3) is 0.474. The second kappa shape index (κ2) is 6.93. The molecule has 4 nitrogen and oxygen atoms in total. The summed E-state index contributed by atoms with van der Waals surface area (Å²) >= 11 is 1.74. The molecule has 2 heterocycles. The van der Waals surface area contributed by atoms with Crippen LogP contribution in [0, 0.1) is 0 Å². The number of anilines is 1. The average Bonchev–Trinajstić information content (AvgIpc) is 3.07. The molecule has 1 atom stereocenters. The van der Waals surface area contributed by atoms with Gasteiger partial charge < -0.3 is 10.2 Å². The number of hydrogen-bond donors (Lipinski definition) is 1. The minimum atomic E-state index is 0.144. The maximum Gasteiger partial charge on any atom is 0.247 e. The lowest BCUT2D eigenvalue weighted by Gasteiger charge is -2.33. The summed E-state index contributed by atoms with van der Waals surface area (Å²) in [5.74, 6) is 0.144. The maximum atomic E-state index is 12.4. The van der Waals surface area contributed by atoms with E-state index in [1.165, 1.54) is 11.1 Å². The smallest absolute Gasteiger partial charge is 0.247 e. The average molecular weight is 341 g/mol. The van der Waals surface area contributed by atoms with Gasteiger partial charge in [0.25, 0.3) is 0 Å². The Labute approximate surface area is 146 Å². The van der Waals surface area contributed by atoms with Crippen molar-refractivity contribution in [3.05, 3.63) is 35.9 Å². The Balaban J connectivity index is 1.43. The Bertz CT molecular complexity index is 734. The summed E-state index contributed by atoms with van der Waals surface area (Å²) in [6.07, 6.45) is 8.60. The largest absolute Gasteiger partial charge is 0.348 e. The third-order valence-electron chi connectivity index (χ3n) is 4.89. The van der Waals surface area contributed by atoms with Crippen LogP contribution < -0.4 is 10.2 Å². The highest BCUT2D eigenvalue weighted by molar-refractivity contribution is 7.22. The molecule has 1 aromatic heterocycles. The second-order valence-electron chi connectivity index (χ2n) is 6.70. The van der Waals surface area contributed by atoms with Gasteiger partial charge >= 0.3 is 0 Å². The number of nitrogens with zero attached hydrogens (tertiary/aromatic N) is 2. The van der Waals surface area contributed by atoms with Gasteiger partial charge in [-0.2, -0.15) is 0 Å². The Hall–Kier alpha value is -1.88. The van der Waals surface area contributed by atoms with Gasteiger partial charge in [0.05, 0.1) is 10.2 Å². The van der Waals surface area contributed by atoms with Gasteiger partial charge in [-0.25, -0.2) is 4.98 Å². The zero-order valence-electron chi connectivity index (χ0n) is 13.8. The number of carbonyl (C=O) groups is 1. The number of fused-ring (bicyclic) bond motifs is 1. The Morgan fingerprint density at radius 1 is 1.25 bits per heavy atom. The van der Waals surface area contributed by atoms with Crippen LogP contribution >= 0.6 is 11.3 Å². The van der Waals surface area contributed by atoms with Gasteiger partial charge in [0.2, 0.25) is 5.91 Å². The van der Waals surface area contributed by atoms with Crippen LogP contribution in [-0.2, 0) is 4.79 Å². The van der Waals surface area contributed by atoms with Gasteiger partial charge in [-0.05, 0) is 50.7 Å². The standard InChI is InChI=1S/C19H23N3OS/c23-18(14-7-2-1-3-8-14)20-15-9-6-12-22(13-15)19-21-16-10-4-5-11-17(16)24-19/h4-5,7,10-11,15H,1-3,6,8-9,12-13H2,(H,20,23). The van der Waals surface area contributed by atoms with Gasteiger partial charge in [-0.15, -0.1) is 0 Å². The molecule has 126 valence electrons. The highest BCUT2D eigenvalue weighted by atomic mass is 32.1. The molecule has 1 amide bonds. The van der Waals surface area contributed by atoms with Crippen molar-refractivity contribution in [2.24, 2.45) is 0 Å². The van der Waals surface area contributed by atoms with Crippen LogP contribution in [0.3, 0.4) is 0 Å². The quantitative estimate of drug-likeness (QED) is 0.921. The van der Waals surface area contributed by atoms with Gasteiger partial charge in [-0.3, -0.25) is 4.79 Å². The van der Waals surface area contributed by atoms with Crippen molar-refractivity contribution in [2.45, 2.75) is 44.6 Å². The molecule has 4 rings (SSSR count). The zero-order chi connectivity index (χ0) is 16.4. The number of benzene rings is 1. The van der Waals surface area contributed by atoms with E-state index >= 15 is 0 Å². The lowest BCUT2D eigenvalue weighted by molar-refractivity contribution is -0.118. The minimum Gasteiger partial charge on any atom is -0.348 e. The predicted octanol–water partition coefficient (Wildman–Crippen LogP) is 3.88. The third-order valence-corrected chi connectivity index (χ3v) is 5.99. The Morgan fingerprint density at radius 3 is 3.00 bits per heavy atom. The van der Waals surface area contributed by atoms with Crippen molar-refractivity contribution in [2.75, 3.05) is 18.0 Å². The van der Waals surface area contributed by atoms with Gasteiger partial charge in [0, 0.05) is 24.7 Å². The van der Waals surface area contributed by atoms with Crippen LogP contribution in [-0.4, -0.2) is 30.0 Å². The van der Waals surface area contributed by atoms with Crippen molar-refractivity contribution < 1.29 is 4.79 Å². The summed E-state index contributed by atoms with van der Waals surface area (Å²) in [7, 11) is 0. The normalized spacial score (nSPS) is 21.6. The first-order valence-electron chi connectivity index (χ1n) is 8.90. The molecule has 2 aromatic rings. The minimum absolute atomic E-state index is 0.144. The van der Waals surface area contributed by atoms with Crippen LogP contribution in [0.4, 0.5) is 5.13 Å². The molecule has 5 heteroatoms. The van der Waals surface area contributed by atoms with E-state index in [9.17, 15) is 4.79 Å². The molecule has 1 aliphatic heterocycles. The van der Waals surface area contributed by atoms with Crippen molar-refractivity contribution >= 4 is 32.6 Å². The first-order chi connectivity index (χ1) is 11.8. The van der Waals surface area contributed by atoms with E-state index in [0.717, 1.165) is 61.4 Å². The monoisotopic (exact) mass is 341 g/mol. The van der Waals surface area contributed by atoms with Gasteiger partial charge in [-0.1, -0.05) is 29.5 Å². The number of thiazole rings is 1. The van der Waals surface area contributed by atoms with E-state index < -0.39 is 0 Å². The molecule has 24 heavy (non-hydrogen) atoms. The second-order valence-corrected chi connectivity index (χ2v) is 7.71. The van der Waals surface area contributed by atoms with Crippen LogP contribution in [0.15, 0.2) is 35.9 Å². The fourth-order valence-corrected chi connectivity index (χ4v) is 4.59. The van der Waals surface area contributed by atoms with E-state index in [1.807, 2.05) is 6.07 Å². The van der Waals surface area contributed by atoms with Crippen molar-refractivity contribution in [1.82, 2.24) is 10.3 Å². The van der Waals surface area contributed by atoms with E-state index in [4.69, 9.17) is 4.98 Å². The molecular formula is C19H23N3OS. The van der Waals surface area contributed by atoms with Crippen molar-refractivity contribution in [3.8, 4) is 0 Å². The molecule has 1 aliphatic carbocycles. The number of rotatable bonds is 3. The summed E-state index contributed by atoms with van der Waals surface area (Å²) in [6, 6.07) is 8.49. The van der Waals surface area contributed by atoms with Crippen LogP contribution in [0.25, 0.3) is 10.2 Å². The van der Waals surface area contributed by atoms with Crippen LogP contribution in [0.5, 0.6) is 0 Å². The van der Waals surface area contributed by atoms with Crippen molar-refractivity contribution in [1.29, 1.82) is 0 Å².